The minimum atomic E-state index is -0.212. The van der Waals surface area contributed by atoms with Crippen molar-refractivity contribution in [2.24, 2.45) is 17.8 Å². The molecule has 3 atom stereocenters. The van der Waals surface area contributed by atoms with Crippen LogP contribution in [0.3, 0.4) is 0 Å². The second-order valence-corrected chi connectivity index (χ2v) is 7.05. The van der Waals surface area contributed by atoms with Gasteiger partial charge in [0.2, 0.25) is 0 Å². The number of allylic oxidation sites excluding steroid dienone is 1. The van der Waals surface area contributed by atoms with Gasteiger partial charge in [-0.1, -0.05) is 33.3 Å². The number of hydrogen-bond acceptors (Lipinski definition) is 4. The van der Waals surface area contributed by atoms with Crippen LogP contribution >= 0.6 is 0 Å². The predicted molar refractivity (Wildman–Crippen MR) is 86.4 cm³/mol. The van der Waals surface area contributed by atoms with E-state index < -0.39 is 0 Å². The summed E-state index contributed by atoms with van der Waals surface area (Å²) in [6.45, 7) is 7.87. The van der Waals surface area contributed by atoms with Gasteiger partial charge in [0.15, 0.2) is 5.78 Å². The van der Waals surface area contributed by atoms with Crippen molar-refractivity contribution in [3.05, 3.63) is 11.6 Å². The number of esters is 1. The number of rotatable bonds is 7. The average molecular weight is 307 g/mol. The first-order valence-electron chi connectivity index (χ1n) is 8.54. The summed E-state index contributed by atoms with van der Waals surface area (Å²) < 4.78 is 4.97. The Morgan fingerprint density at radius 1 is 1.41 bits per heavy atom. The molecule has 22 heavy (non-hydrogen) atoms. The van der Waals surface area contributed by atoms with Crippen LogP contribution in [0.1, 0.15) is 46.5 Å². The number of unbranched alkanes of at least 4 members (excludes halogenated alkanes) is 1. The third-order valence-electron chi connectivity index (χ3n) is 4.87. The van der Waals surface area contributed by atoms with Crippen LogP contribution in [0.15, 0.2) is 11.6 Å². The maximum absolute atomic E-state index is 12.5. The smallest absolute Gasteiger partial charge is 0.323 e. The highest BCUT2D eigenvalue weighted by Crippen LogP contribution is 2.37. The van der Waals surface area contributed by atoms with E-state index in [9.17, 15) is 9.59 Å². The first kappa shape index (κ1) is 17.2. The van der Waals surface area contributed by atoms with E-state index in [4.69, 9.17) is 4.74 Å². The lowest BCUT2D eigenvalue weighted by Crippen LogP contribution is -2.42. The summed E-state index contributed by atoms with van der Waals surface area (Å²) in [6, 6.07) is -0.212. The maximum atomic E-state index is 12.5. The van der Waals surface area contributed by atoms with Crippen LogP contribution in [0, 0.1) is 17.8 Å². The molecule has 0 radical (unpaired) electrons. The van der Waals surface area contributed by atoms with Crippen molar-refractivity contribution in [2.45, 2.75) is 52.5 Å². The molecule has 4 heteroatoms. The fourth-order valence-electron chi connectivity index (χ4n) is 3.69. The number of carbonyl (C=O) groups excluding carboxylic acids is 2. The van der Waals surface area contributed by atoms with Crippen LogP contribution in [-0.2, 0) is 14.3 Å². The Morgan fingerprint density at radius 3 is 2.68 bits per heavy atom. The van der Waals surface area contributed by atoms with Crippen molar-refractivity contribution in [2.75, 3.05) is 20.2 Å². The highest BCUT2D eigenvalue weighted by molar-refractivity contribution is 6.00. The van der Waals surface area contributed by atoms with Crippen molar-refractivity contribution in [1.82, 2.24) is 4.90 Å². The topological polar surface area (TPSA) is 46.6 Å². The zero-order valence-electron chi connectivity index (χ0n) is 14.3. The minimum Gasteiger partial charge on any atom is -0.468 e. The number of Topliss-reactive ketones (excluding diaryl/α,β-unsaturated/α-hetero) is 1. The summed E-state index contributed by atoms with van der Waals surface area (Å²) in [7, 11) is 1.44. The van der Waals surface area contributed by atoms with Gasteiger partial charge in [-0.15, -0.1) is 0 Å². The zero-order chi connectivity index (χ0) is 16.3. The molecule has 1 heterocycles. The minimum absolute atomic E-state index is 0.0613. The van der Waals surface area contributed by atoms with Crippen LogP contribution in [0.5, 0.6) is 0 Å². The monoisotopic (exact) mass is 307 g/mol. The molecule has 2 rings (SSSR count). The van der Waals surface area contributed by atoms with Gasteiger partial charge in [-0.05, 0) is 30.8 Å². The summed E-state index contributed by atoms with van der Waals surface area (Å²) in [5, 5.41) is 0. The van der Waals surface area contributed by atoms with Crippen molar-refractivity contribution in [1.29, 1.82) is 0 Å². The lowest BCUT2D eigenvalue weighted by atomic mass is 9.97. The SMILES string of the molecule is CCCCC1=CC2CN(C(CC(C)C)C(=O)OC)CC2C1=O. The summed E-state index contributed by atoms with van der Waals surface area (Å²) in [5.74, 6) is 0.922. The summed E-state index contributed by atoms with van der Waals surface area (Å²) in [6.07, 6.45) is 6.07. The summed E-state index contributed by atoms with van der Waals surface area (Å²) in [4.78, 5) is 26.7. The van der Waals surface area contributed by atoms with E-state index in [1.807, 2.05) is 0 Å². The van der Waals surface area contributed by atoms with Gasteiger partial charge < -0.3 is 4.74 Å². The van der Waals surface area contributed by atoms with E-state index in [1.165, 1.54) is 7.11 Å². The van der Waals surface area contributed by atoms with E-state index in [1.54, 1.807) is 0 Å². The average Bonchev–Trinajstić information content (AvgIpc) is 3.01. The van der Waals surface area contributed by atoms with Crippen LogP contribution in [-0.4, -0.2) is 42.9 Å². The number of hydrogen-bond donors (Lipinski definition) is 0. The quantitative estimate of drug-likeness (QED) is 0.679. The van der Waals surface area contributed by atoms with Crippen LogP contribution in [0.25, 0.3) is 0 Å². The first-order valence-corrected chi connectivity index (χ1v) is 8.54. The predicted octanol–water partition coefficient (Wildman–Crippen LogP) is 2.82. The van der Waals surface area contributed by atoms with E-state index in [-0.39, 0.29) is 17.9 Å². The molecule has 1 saturated heterocycles. The first-order chi connectivity index (χ1) is 10.5. The number of carbonyl (C=O) groups is 2. The largest absolute Gasteiger partial charge is 0.468 e. The molecule has 0 aromatic heterocycles. The van der Waals surface area contributed by atoms with E-state index in [0.717, 1.165) is 37.8 Å². The number of nitrogens with zero attached hydrogens (tertiary/aromatic N) is 1. The summed E-state index contributed by atoms with van der Waals surface area (Å²) in [5.41, 5.74) is 1.02. The molecule has 3 unspecified atom stereocenters. The molecule has 0 spiro atoms. The molecular weight excluding hydrogens is 278 g/mol. The standard InChI is InChI=1S/C18H29NO3/c1-5-6-7-13-9-14-10-19(11-15(14)17(13)20)16(8-12(2)3)18(21)22-4/h9,12,14-16H,5-8,10-11H2,1-4H3. The van der Waals surface area contributed by atoms with Gasteiger partial charge >= 0.3 is 5.97 Å². The molecule has 0 saturated carbocycles. The fraction of sp³-hybridized carbons (Fsp3) is 0.778. The van der Waals surface area contributed by atoms with E-state index in [2.05, 4.69) is 31.7 Å². The third kappa shape index (κ3) is 3.60. The Balaban J connectivity index is 2.04. The Kier molecular flexibility index (Phi) is 5.79. The number of methoxy groups -OCH3 is 1. The number of fused-ring (bicyclic) bond motifs is 1. The van der Waals surface area contributed by atoms with Crippen LogP contribution < -0.4 is 0 Å². The molecule has 0 aromatic rings. The van der Waals surface area contributed by atoms with Crippen molar-refractivity contribution >= 4 is 11.8 Å². The molecular formula is C18H29NO3. The molecule has 0 aromatic carbocycles. The van der Waals surface area contributed by atoms with Crippen molar-refractivity contribution < 1.29 is 14.3 Å². The highest BCUT2D eigenvalue weighted by Gasteiger charge is 2.45. The molecule has 1 fully saturated rings. The normalized spacial score (nSPS) is 26.2. The molecule has 2 aliphatic rings. The number of ether oxygens (including phenoxy) is 1. The van der Waals surface area contributed by atoms with Crippen molar-refractivity contribution in [3.8, 4) is 0 Å². The van der Waals surface area contributed by atoms with Gasteiger partial charge in [0.25, 0.3) is 0 Å². The molecule has 0 N–H and O–H groups in total. The Morgan fingerprint density at radius 2 is 2.14 bits per heavy atom. The van der Waals surface area contributed by atoms with Gasteiger partial charge in [-0.3, -0.25) is 14.5 Å². The van der Waals surface area contributed by atoms with Crippen LogP contribution in [0.2, 0.25) is 0 Å². The van der Waals surface area contributed by atoms with E-state index in [0.29, 0.717) is 24.2 Å². The zero-order valence-corrected chi connectivity index (χ0v) is 14.3. The molecule has 1 aliphatic heterocycles. The summed E-state index contributed by atoms with van der Waals surface area (Å²) >= 11 is 0. The van der Waals surface area contributed by atoms with Gasteiger partial charge in [-0.25, -0.2) is 0 Å². The second-order valence-electron chi connectivity index (χ2n) is 7.05. The molecule has 124 valence electrons. The Labute approximate surface area is 133 Å². The van der Waals surface area contributed by atoms with Crippen molar-refractivity contribution in [3.63, 3.8) is 0 Å². The fourth-order valence-corrected chi connectivity index (χ4v) is 3.69. The van der Waals surface area contributed by atoms with Crippen LogP contribution in [0.4, 0.5) is 0 Å². The maximum Gasteiger partial charge on any atom is 0.323 e. The third-order valence-corrected chi connectivity index (χ3v) is 4.87. The van der Waals surface area contributed by atoms with Gasteiger partial charge in [-0.2, -0.15) is 0 Å². The molecule has 1 aliphatic carbocycles. The number of likely N-dealkylation sites (tertiary alicyclic amines) is 1. The van der Waals surface area contributed by atoms with E-state index >= 15 is 0 Å². The van der Waals surface area contributed by atoms with Gasteiger partial charge in [0, 0.05) is 24.9 Å². The lowest BCUT2D eigenvalue weighted by Gasteiger charge is -2.27. The van der Waals surface area contributed by atoms with Gasteiger partial charge in [0.05, 0.1) is 7.11 Å². The Hall–Kier alpha value is -1.16. The van der Waals surface area contributed by atoms with Gasteiger partial charge in [0.1, 0.15) is 6.04 Å². The number of ketones is 1. The highest BCUT2D eigenvalue weighted by atomic mass is 16.5. The molecule has 4 nitrogen and oxygen atoms in total. The second kappa shape index (κ2) is 7.40. The molecule has 0 bridgehead atoms. The Bertz CT molecular complexity index is 455. The molecule has 0 amide bonds. The lowest BCUT2D eigenvalue weighted by molar-refractivity contribution is -0.147.